The lowest BCUT2D eigenvalue weighted by Gasteiger charge is -2.24. The quantitative estimate of drug-likeness (QED) is 0.891. The topological polar surface area (TPSA) is 32.3 Å². The van der Waals surface area contributed by atoms with Gasteiger partial charge in [0.1, 0.15) is 0 Å². The Hall–Kier alpha value is -1.81. The van der Waals surface area contributed by atoms with Crippen molar-refractivity contribution in [3.05, 3.63) is 58.6 Å². The molecule has 0 spiro atoms. The van der Waals surface area contributed by atoms with Gasteiger partial charge in [0, 0.05) is 11.0 Å². The number of amides is 1. The fourth-order valence-electron chi connectivity index (χ4n) is 2.53. The molecule has 0 saturated heterocycles. The van der Waals surface area contributed by atoms with E-state index < -0.39 is 0 Å². The summed E-state index contributed by atoms with van der Waals surface area (Å²) in [5.74, 6) is 0.128. The molecule has 0 saturated carbocycles. The first-order valence-corrected chi connectivity index (χ1v) is 7.83. The fourth-order valence-corrected chi connectivity index (χ4v) is 2.79. The summed E-state index contributed by atoms with van der Waals surface area (Å²) in [6, 6.07) is 16.1. The molecular weight excluding hydrogens is 328 g/mol. The predicted molar refractivity (Wildman–Crippen MR) is 89.4 cm³/mol. The third-order valence-corrected chi connectivity index (χ3v) is 4.26. The standard InChI is InChI=1S/C17H17BrN2O/c1-12-10-19-15-4-2-3-5-16(15)20(17(12)21)11-13-6-8-14(18)9-7-13/h2-9,12,19H,10-11H2,1H3/t12-/m1/s1. The van der Waals surface area contributed by atoms with Gasteiger partial charge in [0.25, 0.3) is 0 Å². The van der Waals surface area contributed by atoms with E-state index in [-0.39, 0.29) is 11.8 Å². The Balaban J connectivity index is 1.97. The maximum atomic E-state index is 12.7. The minimum absolute atomic E-state index is 0.0344. The molecule has 0 aromatic heterocycles. The molecule has 1 aliphatic rings. The van der Waals surface area contributed by atoms with Gasteiger partial charge in [-0.1, -0.05) is 47.1 Å². The van der Waals surface area contributed by atoms with Crippen LogP contribution < -0.4 is 10.2 Å². The molecule has 4 heteroatoms. The van der Waals surface area contributed by atoms with E-state index in [4.69, 9.17) is 0 Å². The highest BCUT2D eigenvalue weighted by Crippen LogP contribution is 2.31. The Morgan fingerprint density at radius 1 is 1.19 bits per heavy atom. The van der Waals surface area contributed by atoms with Gasteiger partial charge in [-0.25, -0.2) is 0 Å². The van der Waals surface area contributed by atoms with Crippen molar-refractivity contribution in [3.8, 4) is 0 Å². The van der Waals surface area contributed by atoms with Gasteiger partial charge in [-0.15, -0.1) is 0 Å². The van der Waals surface area contributed by atoms with Crippen molar-refractivity contribution < 1.29 is 4.79 Å². The Labute approximate surface area is 133 Å². The molecule has 1 N–H and O–H groups in total. The number of nitrogens with one attached hydrogen (secondary N) is 1. The third-order valence-electron chi connectivity index (χ3n) is 3.74. The number of carbonyl (C=O) groups is 1. The van der Waals surface area contributed by atoms with Crippen molar-refractivity contribution in [1.82, 2.24) is 0 Å². The Morgan fingerprint density at radius 3 is 2.67 bits per heavy atom. The van der Waals surface area contributed by atoms with Gasteiger partial charge in [-0.05, 0) is 29.8 Å². The van der Waals surface area contributed by atoms with Crippen LogP contribution in [0.1, 0.15) is 12.5 Å². The second kappa shape index (κ2) is 5.90. The Bertz CT molecular complexity index is 654. The Kier molecular flexibility index (Phi) is 3.97. The van der Waals surface area contributed by atoms with Crippen molar-refractivity contribution in [2.75, 3.05) is 16.8 Å². The monoisotopic (exact) mass is 344 g/mol. The van der Waals surface area contributed by atoms with Crippen LogP contribution in [-0.2, 0) is 11.3 Å². The molecule has 2 aromatic rings. The molecule has 1 heterocycles. The van der Waals surface area contributed by atoms with E-state index in [0.29, 0.717) is 13.1 Å². The van der Waals surface area contributed by atoms with Crippen LogP contribution in [-0.4, -0.2) is 12.5 Å². The average molecular weight is 345 g/mol. The first-order valence-electron chi connectivity index (χ1n) is 7.04. The normalized spacial score (nSPS) is 17.9. The van der Waals surface area contributed by atoms with Gasteiger partial charge in [0.2, 0.25) is 5.91 Å². The lowest BCUT2D eigenvalue weighted by Crippen LogP contribution is -2.34. The summed E-state index contributed by atoms with van der Waals surface area (Å²) in [5.41, 5.74) is 3.09. The highest BCUT2D eigenvalue weighted by Gasteiger charge is 2.27. The van der Waals surface area contributed by atoms with Crippen LogP contribution in [0.5, 0.6) is 0 Å². The summed E-state index contributed by atoms with van der Waals surface area (Å²) in [4.78, 5) is 14.5. The lowest BCUT2D eigenvalue weighted by molar-refractivity contribution is -0.121. The molecule has 2 aromatic carbocycles. The number of nitrogens with zero attached hydrogens (tertiary/aromatic N) is 1. The first-order chi connectivity index (χ1) is 10.1. The number of hydrogen-bond donors (Lipinski definition) is 1. The number of halogens is 1. The van der Waals surface area contributed by atoms with Gasteiger partial charge < -0.3 is 10.2 Å². The van der Waals surface area contributed by atoms with Gasteiger partial charge in [-0.2, -0.15) is 0 Å². The van der Waals surface area contributed by atoms with Gasteiger partial charge >= 0.3 is 0 Å². The number of carbonyl (C=O) groups excluding carboxylic acids is 1. The summed E-state index contributed by atoms with van der Waals surface area (Å²) in [6.07, 6.45) is 0. The van der Waals surface area contributed by atoms with Crippen LogP contribution in [0.3, 0.4) is 0 Å². The largest absolute Gasteiger partial charge is 0.383 e. The van der Waals surface area contributed by atoms with E-state index in [9.17, 15) is 4.79 Å². The minimum atomic E-state index is -0.0344. The molecule has 21 heavy (non-hydrogen) atoms. The molecule has 0 aliphatic carbocycles. The zero-order chi connectivity index (χ0) is 14.8. The van der Waals surface area contributed by atoms with E-state index in [1.807, 2.05) is 60.4 Å². The molecule has 0 unspecified atom stereocenters. The summed E-state index contributed by atoms with van der Waals surface area (Å²) >= 11 is 3.44. The molecule has 1 aliphatic heterocycles. The van der Waals surface area contributed by atoms with Crippen LogP contribution in [0.15, 0.2) is 53.0 Å². The van der Waals surface area contributed by atoms with E-state index in [2.05, 4.69) is 21.2 Å². The van der Waals surface area contributed by atoms with Gasteiger partial charge in [0.15, 0.2) is 0 Å². The summed E-state index contributed by atoms with van der Waals surface area (Å²) in [7, 11) is 0. The van der Waals surface area contributed by atoms with Crippen molar-refractivity contribution in [2.24, 2.45) is 5.92 Å². The van der Waals surface area contributed by atoms with E-state index in [1.54, 1.807) is 0 Å². The number of para-hydroxylation sites is 2. The van der Waals surface area contributed by atoms with Crippen molar-refractivity contribution in [2.45, 2.75) is 13.5 Å². The SMILES string of the molecule is C[C@@H]1CNc2ccccc2N(Cc2ccc(Br)cc2)C1=O. The first kappa shape index (κ1) is 14.1. The maximum Gasteiger partial charge on any atom is 0.231 e. The number of anilines is 2. The molecule has 108 valence electrons. The van der Waals surface area contributed by atoms with E-state index in [0.717, 1.165) is 21.4 Å². The third kappa shape index (κ3) is 2.95. The summed E-state index contributed by atoms with van der Waals surface area (Å²) in [5, 5.41) is 3.36. The van der Waals surface area contributed by atoms with Crippen molar-refractivity contribution in [1.29, 1.82) is 0 Å². The summed E-state index contributed by atoms with van der Waals surface area (Å²) in [6.45, 7) is 3.23. The maximum absolute atomic E-state index is 12.7. The van der Waals surface area contributed by atoms with Crippen LogP contribution >= 0.6 is 15.9 Å². The number of fused-ring (bicyclic) bond motifs is 1. The minimum Gasteiger partial charge on any atom is -0.383 e. The molecule has 3 nitrogen and oxygen atoms in total. The molecule has 1 atom stereocenters. The molecule has 1 amide bonds. The Morgan fingerprint density at radius 2 is 1.90 bits per heavy atom. The molecule has 3 rings (SSSR count). The average Bonchev–Trinajstić information content (AvgIpc) is 2.62. The van der Waals surface area contributed by atoms with Crippen LogP contribution in [0, 0.1) is 5.92 Å². The van der Waals surface area contributed by atoms with E-state index >= 15 is 0 Å². The zero-order valence-electron chi connectivity index (χ0n) is 11.8. The molecule has 0 fully saturated rings. The van der Waals surface area contributed by atoms with Gasteiger partial charge in [-0.3, -0.25) is 4.79 Å². The second-order valence-electron chi connectivity index (χ2n) is 5.35. The highest BCUT2D eigenvalue weighted by molar-refractivity contribution is 9.10. The van der Waals surface area contributed by atoms with Crippen molar-refractivity contribution >= 4 is 33.2 Å². The smallest absolute Gasteiger partial charge is 0.231 e. The second-order valence-corrected chi connectivity index (χ2v) is 6.27. The van der Waals surface area contributed by atoms with Gasteiger partial charge in [0.05, 0.1) is 23.8 Å². The molecule has 0 radical (unpaired) electrons. The lowest BCUT2D eigenvalue weighted by atomic mass is 10.1. The predicted octanol–water partition coefficient (Wildman–Crippen LogP) is 4.04. The molecule has 0 bridgehead atoms. The number of benzene rings is 2. The zero-order valence-corrected chi connectivity index (χ0v) is 13.4. The number of rotatable bonds is 2. The van der Waals surface area contributed by atoms with Crippen LogP contribution in [0.25, 0.3) is 0 Å². The van der Waals surface area contributed by atoms with E-state index in [1.165, 1.54) is 0 Å². The summed E-state index contributed by atoms with van der Waals surface area (Å²) < 4.78 is 1.05. The highest BCUT2D eigenvalue weighted by atomic mass is 79.9. The number of hydrogen-bond acceptors (Lipinski definition) is 2. The fraction of sp³-hybridized carbons (Fsp3) is 0.235. The van der Waals surface area contributed by atoms with Crippen LogP contribution in [0.4, 0.5) is 11.4 Å². The van der Waals surface area contributed by atoms with Crippen LogP contribution in [0.2, 0.25) is 0 Å². The molecular formula is C17H17BrN2O. The van der Waals surface area contributed by atoms with Crippen molar-refractivity contribution in [3.63, 3.8) is 0 Å².